The van der Waals surface area contributed by atoms with Crippen molar-refractivity contribution in [3.8, 4) is 11.5 Å². The third kappa shape index (κ3) is 5.97. The summed E-state index contributed by atoms with van der Waals surface area (Å²) in [6.07, 6.45) is 2.33. The van der Waals surface area contributed by atoms with E-state index in [0.717, 1.165) is 20.9 Å². The van der Waals surface area contributed by atoms with Crippen molar-refractivity contribution in [3.63, 3.8) is 0 Å². The normalized spacial score (nSPS) is 12.1. The highest BCUT2D eigenvalue weighted by molar-refractivity contribution is 9.10. The van der Waals surface area contributed by atoms with Crippen LogP contribution in [0.3, 0.4) is 0 Å². The van der Waals surface area contributed by atoms with Crippen LogP contribution in [0.4, 0.5) is 0 Å². The van der Waals surface area contributed by atoms with Gasteiger partial charge in [0.05, 0.1) is 29.8 Å². The second-order valence-corrected chi connectivity index (χ2v) is 10.5. The molecule has 0 amide bonds. The fourth-order valence-electron chi connectivity index (χ4n) is 3.79. The fourth-order valence-corrected chi connectivity index (χ4v) is 4.60. The van der Waals surface area contributed by atoms with Crippen LogP contribution in [-0.4, -0.2) is 34.1 Å². The lowest BCUT2D eigenvalue weighted by Gasteiger charge is -2.16. The first-order valence-electron chi connectivity index (χ1n) is 11.8. The van der Waals surface area contributed by atoms with E-state index in [9.17, 15) is 9.59 Å². The minimum atomic E-state index is -0.993. The van der Waals surface area contributed by atoms with E-state index in [-0.39, 0.29) is 23.6 Å². The van der Waals surface area contributed by atoms with Crippen LogP contribution in [0, 0.1) is 0 Å². The number of aromatic nitrogens is 2. The van der Waals surface area contributed by atoms with E-state index < -0.39 is 5.97 Å². The Bertz CT molecular complexity index is 1580. The molecule has 0 saturated carbocycles. The summed E-state index contributed by atoms with van der Waals surface area (Å²) in [6, 6.07) is 15.4. The third-order valence-electron chi connectivity index (χ3n) is 6.05. The summed E-state index contributed by atoms with van der Waals surface area (Å²) in [7, 11) is 1.54. The first-order valence-corrected chi connectivity index (χ1v) is 13.4. The molecule has 8 nitrogen and oxygen atoms in total. The third-order valence-corrected chi connectivity index (χ3v) is 7.00. The van der Waals surface area contributed by atoms with Crippen LogP contribution in [-0.2, 0) is 6.61 Å². The Hall–Kier alpha value is -3.50. The van der Waals surface area contributed by atoms with Crippen LogP contribution in [0.25, 0.3) is 10.9 Å². The summed E-state index contributed by atoms with van der Waals surface area (Å²) >= 11 is 6.93. The van der Waals surface area contributed by atoms with Crippen molar-refractivity contribution in [1.82, 2.24) is 9.66 Å². The highest BCUT2D eigenvalue weighted by Crippen LogP contribution is 2.35. The molecular weight excluding hydrogens is 618 g/mol. The second kappa shape index (κ2) is 11.9. The topological polar surface area (TPSA) is 103 Å². The number of aromatic carboxylic acids is 1. The SMILES string of the molecule is CC[C@H](C)c1nc2ccc(Br)cc2c(=O)n1N=Cc1cc(Br)cc(OC)c1OCc1ccc(C(=O)O)cc1. The van der Waals surface area contributed by atoms with Gasteiger partial charge in [0, 0.05) is 20.4 Å². The van der Waals surface area contributed by atoms with Crippen LogP contribution in [0.2, 0.25) is 0 Å². The fraction of sp³-hybridized carbons (Fsp3) is 0.214. The maximum absolute atomic E-state index is 13.5. The van der Waals surface area contributed by atoms with Crippen molar-refractivity contribution in [2.45, 2.75) is 32.8 Å². The lowest BCUT2D eigenvalue weighted by molar-refractivity contribution is 0.0697. The predicted octanol–water partition coefficient (Wildman–Crippen LogP) is 6.60. The van der Waals surface area contributed by atoms with E-state index in [1.807, 2.05) is 32.0 Å². The van der Waals surface area contributed by atoms with Gasteiger partial charge in [-0.1, -0.05) is 57.8 Å². The van der Waals surface area contributed by atoms with Gasteiger partial charge in [-0.15, -0.1) is 0 Å². The van der Waals surface area contributed by atoms with E-state index in [0.29, 0.717) is 33.8 Å². The summed E-state index contributed by atoms with van der Waals surface area (Å²) < 4.78 is 14.5. The molecule has 1 N–H and O–H groups in total. The number of carboxylic acid groups (broad SMARTS) is 1. The molecule has 1 heterocycles. The number of rotatable bonds is 9. The van der Waals surface area contributed by atoms with Gasteiger partial charge in [-0.2, -0.15) is 9.78 Å². The molecule has 10 heteroatoms. The molecular formula is C28H25Br2N3O5. The van der Waals surface area contributed by atoms with Gasteiger partial charge < -0.3 is 14.6 Å². The van der Waals surface area contributed by atoms with E-state index in [4.69, 9.17) is 19.6 Å². The maximum Gasteiger partial charge on any atom is 0.335 e. The summed E-state index contributed by atoms with van der Waals surface area (Å²) in [5.41, 5.74) is 1.89. The number of hydrogen-bond acceptors (Lipinski definition) is 6. The lowest BCUT2D eigenvalue weighted by Crippen LogP contribution is -2.23. The van der Waals surface area contributed by atoms with Crippen LogP contribution >= 0.6 is 31.9 Å². The molecule has 1 atom stereocenters. The molecule has 0 saturated heterocycles. The molecule has 0 aliphatic heterocycles. The van der Waals surface area contributed by atoms with Crippen molar-refractivity contribution < 1.29 is 19.4 Å². The average molecular weight is 643 g/mol. The van der Waals surface area contributed by atoms with E-state index in [1.165, 1.54) is 23.9 Å². The van der Waals surface area contributed by atoms with Gasteiger partial charge in [-0.25, -0.2) is 9.78 Å². The molecule has 4 aromatic rings. The summed E-state index contributed by atoms with van der Waals surface area (Å²) in [5, 5.41) is 14.2. The summed E-state index contributed by atoms with van der Waals surface area (Å²) in [6.45, 7) is 4.21. The van der Waals surface area contributed by atoms with Crippen LogP contribution < -0.4 is 15.0 Å². The molecule has 1 aromatic heterocycles. The Morgan fingerprint density at radius 1 is 1.13 bits per heavy atom. The zero-order chi connectivity index (χ0) is 27.4. The van der Waals surface area contributed by atoms with Crippen molar-refractivity contribution in [2.75, 3.05) is 7.11 Å². The van der Waals surface area contributed by atoms with Gasteiger partial charge in [0.2, 0.25) is 0 Å². The standard InChI is InChI=1S/C28H25Br2N3O5/c1-4-16(2)26-32-23-10-9-20(29)12-22(23)27(34)33(26)31-14-19-11-21(30)13-24(37-3)25(19)38-15-17-5-7-18(8-6-17)28(35)36/h5-14,16H,4,15H2,1-3H3,(H,35,36)/t16-/m0/s1. The number of carboxylic acids is 1. The quantitative estimate of drug-likeness (QED) is 0.206. The number of hydrogen-bond donors (Lipinski definition) is 1. The number of halogens is 2. The Kier molecular flexibility index (Phi) is 8.63. The monoisotopic (exact) mass is 641 g/mol. The molecule has 0 unspecified atom stereocenters. The summed E-state index contributed by atoms with van der Waals surface area (Å²) in [4.78, 5) is 29.4. The molecule has 3 aromatic carbocycles. The second-order valence-electron chi connectivity index (χ2n) is 8.62. The Balaban J connectivity index is 1.76. The number of benzene rings is 3. The van der Waals surface area contributed by atoms with E-state index in [1.54, 1.807) is 30.5 Å². The average Bonchev–Trinajstić information content (AvgIpc) is 2.91. The minimum Gasteiger partial charge on any atom is -0.493 e. The molecule has 0 bridgehead atoms. The highest BCUT2D eigenvalue weighted by atomic mass is 79.9. The Morgan fingerprint density at radius 3 is 2.53 bits per heavy atom. The molecule has 4 rings (SSSR count). The zero-order valence-electron chi connectivity index (χ0n) is 20.9. The van der Waals surface area contributed by atoms with Crippen molar-refractivity contribution in [1.29, 1.82) is 0 Å². The smallest absolute Gasteiger partial charge is 0.335 e. The van der Waals surface area contributed by atoms with Gasteiger partial charge in [0.1, 0.15) is 12.4 Å². The molecule has 0 radical (unpaired) electrons. The van der Waals surface area contributed by atoms with Crippen LogP contribution in [0.5, 0.6) is 11.5 Å². The minimum absolute atomic E-state index is 0.00515. The van der Waals surface area contributed by atoms with Gasteiger partial charge in [0.15, 0.2) is 11.5 Å². The largest absolute Gasteiger partial charge is 0.493 e. The van der Waals surface area contributed by atoms with Crippen molar-refractivity contribution in [2.24, 2.45) is 5.10 Å². The molecule has 0 fully saturated rings. The maximum atomic E-state index is 13.5. The van der Waals surface area contributed by atoms with E-state index >= 15 is 0 Å². The number of fused-ring (bicyclic) bond motifs is 1. The van der Waals surface area contributed by atoms with Gasteiger partial charge >= 0.3 is 5.97 Å². The number of carbonyl (C=O) groups is 1. The lowest BCUT2D eigenvalue weighted by atomic mass is 10.1. The number of nitrogens with zero attached hydrogens (tertiary/aromatic N) is 3. The molecule has 0 aliphatic rings. The van der Waals surface area contributed by atoms with Crippen molar-refractivity contribution >= 4 is 54.9 Å². The number of methoxy groups -OCH3 is 1. The van der Waals surface area contributed by atoms with E-state index in [2.05, 4.69) is 37.0 Å². The first kappa shape index (κ1) is 27.5. The molecule has 0 spiro atoms. The van der Waals surface area contributed by atoms with Crippen molar-refractivity contribution in [3.05, 3.63) is 96.4 Å². The highest BCUT2D eigenvalue weighted by Gasteiger charge is 2.17. The number of ether oxygens (including phenoxy) is 2. The van der Waals surface area contributed by atoms with Gasteiger partial charge in [0.25, 0.3) is 5.56 Å². The predicted molar refractivity (Wildman–Crippen MR) is 154 cm³/mol. The van der Waals surface area contributed by atoms with Gasteiger partial charge in [-0.3, -0.25) is 4.79 Å². The molecule has 38 heavy (non-hydrogen) atoms. The Labute approximate surface area is 236 Å². The van der Waals surface area contributed by atoms with Gasteiger partial charge in [-0.05, 0) is 54.4 Å². The molecule has 0 aliphatic carbocycles. The Morgan fingerprint density at radius 2 is 1.87 bits per heavy atom. The van der Waals surface area contributed by atoms with Crippen LogP contribution in [0.15, 0.2) is 73.4 Å². The van der Waals surface area contributed by atoms with Crippen LogP contribution in [0.1, 0.15) is 53.5 Å². The summed E-state index contributed by atoms with van der Waals surface area (Å²) in [5.74, 6) is 0.462. The zero-order valence-corrected chi connectivity index (χ0v) is 24.1. The molecule has 196 valence electrons. The first-order chi connectivity index (χ1) is 18.2.